The number of halogens is 1. The van der Waals surface area contributed by atoms with Gasteiger partial charge in [0.15, 0.2) is 0 Å². The van der Waals surface area contributed by atoms with Gasteiger partial charge in [0.1, 0.15) is 24.7 Å². The number of carbonyl (C=O) groups excluding carboxylic acids is 2. The molecule has 226 valence electrons. The minimum atomic E-state index is -4.02. The van der Waals surface area contributed by atoms with Gasteiger partial charge in [-0.2, -0.15) is 0 Å². The van der Waals surface area contributed by atoms with Crippen LogP contribution in [0.2, 0.25) is 5.02 Å². The lowest BCUT2D eigenvalue weighted by atomic mass is 10.0. The summed E-state index contributed by atoms with van der Waals surface area (Å²) in [5.74, 6) is -0.658. The smallest absolute Gasteiger partial charge is 0.410 e. The number of para-hydroxylation sites is 1. The van der Waals surface area contributed by atoms with Crippen LogP contribution in [0.1, 0.15) is 34.5 Å². The van der Waals surface area contributed by atoms with Gasteiger partial charge in [-0.05, 0) is 67.1 Å². The van der Waals surface area contributed by atoms with Crippen LogP contribution in [0.5, 0.6) is 5.75 Å². The molecule has 43 heavy (non-hydrogen) atoms. The Bertz CT molecular complexity index is 1690. The second-order valence-electron chi connectivity index (χ2n) is 10.7. The third-order valence-corrected chi connectivity index (χ3v) is 9.15. The number of nitrogens with one attached hydrogen (secondary N) is 1. The van der Waals surface area contributed by atoms with Gasteiger partial charge in [-0.15, -0.1) is 0 Å². The summed E-state index contributed by atoms with van der Waals surface area (Å²) in [4.78, 5) is 27.8. The summed E-state index contributed by atoms with van der Waals surface area (Å²) in [5, 5.41) is 1.27. The van der Waals surface area contributed by atoms with Crippen LogP contribution >= 0.6 is 11.6 Å². The molecule has 2 amide bonds. The standard InChI is InChI=1S/C32H34ClN3O6S/c1-23-28-19-26(33)14-15-29(28)36(17-18-41-27-12-6-3-7-13-27)30(23)31(37)34-43(39,40)22-25-11-8-16-35(20-25)32(38)42-21-24-9-4-2-5-10-24/h2-7,9-10,12-15,19,25H,8,11,16-18,20-22H2,1H3,(H,34,37). The highest BCUT2D eigenvalue weighted by Gasteiger charge is 2.30. The molecular weight excluding hydrogens is 590 g/mol. The van der Waals surface area contributed by atoms with Gasteiger partial charge in [0, 0.05) is 29.0 Å². The number of rotatable bonds is 10. The molecule has 1 atom stereocenters. The summed E-state index contributed by atoms with van der Waals surface area (Å²) < 4.78 is 41.8. The molecule has 0 spiro atoms. The fourth-order valence-electron chi connectivity index (χ4n) is 5.51. The van der Waals surface area contributed by atoms with Crippen molar-refractivity contribution in [2.24, 2.45) is 5.92 Å². The van der Waals surface area contributed by atoms with Crippen LogP contribution in [0.15, 0.2) is 78.9 Å². The number of ether oxygens (including phenoxy) is 2. The molecule has 4 aromatic rings. The van der Waals surface area contributed by atoms with Crippen molar-refractivity contribution in [2.75, 3.05) is 25.4 Å². The summed E-state index contributed by atoms with van der Waals surface area (Å²) in [5.41, 5.74) is 2.47. The van der Waals surface area contributed by atoms with E-state index in [1.165, 1.54) is 4.90 Å². The predicted octanol–water partition coefficient (Wildman–Crippen LogP) is 5.79. The maximum Gasteiger partial charge on any atom is 0.410 e. The largest absolute Gasteiger partial charge is 0.492 e. The van der Waals surface area contributed by atoms with Crippen molar-refractivity contribution in [3.8, 4) is 5.75 Å². The average Bonchev–Trinajstić information content (AvgIpc) is 3.27. The van der Waals surface area contributed by atoms with E-state index in [1.807, 2.05) is 66.7 Å². The topological polar surface area (TPSA) is 107 Å². The summed E-state index contributed by atoms with van der Waals surface area (Å²) in [7, 11) is -4.02. The average molecular weight is 624 g/mol. The molecule has 1 N–H and O–H groups in total. The number of amides is 2. The first-order chi connectivity index (χ1) is 20.7. The van der Waals surface area contributed by atoms with Crippen LogP contribution < -0.4 is 9.46 Å². The Hall–Kier alpha value is -4.02. The molecule has 5 rings (SSSR count). The second-order valence-corrected chi connectivity index (χ2v) is 12.9. The molecule has 3 aromatic carbocycles. The summed E-state index contributed by atoms with van der Waals surface area (Å²) in [6.07, 6.45) is 0.780. The molecule has 9 nitrogen and oxygen atoms in total. The number of carbonyl (C=O) groups is 2. The highest BCUT2D eigenvalue weighted by Crippen LogP contribution is 2.29. The monoisotopic (exact) mass is 623 g/mol. The van der Waals surface area contributed by atoms with Crippen LogP contribution in [0, 0.1) is 12.8 Å². The zero-order chi connectivity index (χ0) is 30.4. The van der Waals surface area contributed by atoms with E-state index in [0.717, 1.165) is 16.5 Å². The molecule has 1 aliphatic rings. The number of fused-ring (bicyclic) bond motifs is 1. The van der Waals surface area contributed by atoms with Gasteiger partial charge in [-0.25, -0.2) is 17.9 Å². The van der Waals surface area contributed by atoms with Crippen molar-refractivity contribution in [3.05, 3.63) is 101 Å². The van der Waals surface area contributed by atoms with E-state index in [-0.39, 0.29) is 37.1 Å². The van der Waals surface area contributed by atoms with E-state index >= 15 is 0 Å². The van der Waals surface area contributed by atoms with E-state index < -0.39 is 22.0 Å². The number of benzene rings is 3. The SMILES string of the molecule is Cc1c(C(=O)NS(=O)(=O)CC2CCCN(C(=O)OCc3ccccc3)C2)n(CCOc2ccccc2)c2ccc(Cl)cc12. The Balaban J connectivity index is 1.26. The zero-order valence-electron chi connectivity index (χ0n) is 23.9. The quantitative estimate of drug-likeness (QED) is 0.240. The number of nitrogens with zero attached hydrogens (tertiary/aromatic N) is 2. The molecule has 0 radical (unpaired) electrons. The van der Waals surface area contributed by atoms with Gasteiger partial charge in [-0.3, -0.25) is 4.79 Å². The number of aromatic nitrogens is 1. The maximum absolute atomic E-state index is 13.6. The van der Waals surface area contributed by atoms with E-state index in [9.17, 15) is 18.0 Å². The van der Waals surface area contributed by atoms with Gasteiger partial charge in [0.05, 0.1) is 12.3 Å². The van der Waals surface area contributed by atoms with E-state index in [2.05, 4.69) is 4.72 Å². The zero-order valence-corrected chi connectivity index (χ0v) is 25.4. The Morgan fingerprint density at radius 3 is 2.49 bits per heavy atom. The molecule has 0 aliphatic carbocycles. The first kappa shape index (κ1) is 30.4. The first-order valence-electron chi connectivity index (χ1n) is 14.2. The van der Waals surface area contributed by atoms with Gasteiger partial charge >= 0.3 is 6.09 Å². The third kappa shape index (κ3) is 7.69. The minimum absolute atomic E-state index is 0.143. The molecule has 0 bridgehead atoms. The number of piperidine rings is 1. The molecule has 0 saturated carbocycles. The minimum Gasteiger partial charge on any atom is -0.492 e. The lowest BCUT2D eigenvalue weighted by molar-refractivity contribution is 0.0811. The molecule has 1 aliphatic heterocycles. The van der Waals surface area contributed by atoms with Crippen LogP contribution in [0.4, 0.5) is 4.79 Å². The molecule has 1 saturated heterocycles. The summed E-state index contributed by atoms with van der Waals surface area (Å²) in [6.45, 7) is 3.22. The van der Waals surface area contributed by atoms with Crippen molar-refractivity contribution in [3.63, 3.8) is 0 Å². The van der Waals surface area contributed by atoms with Gasteiger partial charge in [0.2, 0.25) is 10.0 Å². The fraction of sp³-hybridized carbons (Fsp3) is 0.312. The highest BCUT2D eigenvalue weighted by molar-refractivity contribution is 7.90. The summed E-state index contributed by atoms with van der Waals surface area (Å²) >= 11 is 6.25. The molecule has 2 heterocycles. The van der Waals surface area contributed by atoms with E-state index in [0.29, 0.717) is 42.3 Å². The normalized spacial score (nSPS) is 15.3. The fourth-order valence-corrected chi connectivity index (χ4v) is 7.04. The Morgan fingerprint density at radius 2 is 1.74 bits per heavy atom. The maximum atomic E-state index is 13.6. The van der Waals surface area contributed by atoms with Crippen LogP contribution in [0.3, 0.4) is 0 Å². The number of sulfonamides is 1. The van der Waals surface area contributed by atoms with Gasteiger partial charge in [-0.1, -0.05) is 60.1 Å². The Kier molecular flexibility index (Phi) is 9.57. The summed E-state index contributed by atoms with van der Waals surface area (Å²) in [6, 6.07) is 24.0. The number of hydrogen-bond acceptors (Lipinski definition) is 6. The van der Waals surface area contributed by atoms with Crippen molar-refractivity contribution in [1.29, 1.82) is 0 Å². The van der Waals surface area contributed by atoms with Crippen molar-refractivity contribution in [2.45, 2.75) is 32.9 Å². The van der Waals surface area contributed by atoms with Crippen LogP contribution in [0.25, 0.3) is 10.9 Å². The lowest BCUT2D eigenvalue weighted by Gasteiger charge is -2.31. The molecule has 1 unspecified atom stereocenters. The number of aryl methyl sites for hydroxylation is 1. The van der Waals surface area contributed by atoms with Crippen LogP contribution in [-0.4, -0.2) is 55.3 Å². The predicted molar refractivity (Wildman–Crippen MR) is 166 cm³/mol. The molecular formula is C32H34ClN3O6S. The number of hydrogen-bond donors (Lipinski definition) is 1. The highest BCUT2D eigenvalue weighted by atomic mass is 35.5. The van der Waals surface area contributed by atoms with Gasteiger partial charge in [0.25, 0.3) is 5.91 Å². The molecule has 1 fully saturated rings. The first-order valence-corrected chi connectivity index (χ1v) is 16.2. The van der Waals surface area contributed by atoms with Gasteiger partial charge < -0.3 is 18.9 Å². The molecule has 1 aromatic heterocycles. The third-order valence-electron chi connectivity index (χ3n) is 7.51. The van der Waals surface area contributed by atoms with Crippen molar-refractivity contribution < 1.29 is 27.5 Å². The van der Waals surface area contributed by atoms with Crippen molar-refractivity contribution >= 4 is 44.5 Å². The Labute approximate surface area is 256 Å². The van der Waals surface area contributed by atoms with Crippen molar-refractivity contribution in [1.82, 2.24) is 14.2 Å². The van der Waals surface area contributed by atoms with E-state index in [1.54, 1.807) is 23.6 Å². The van der Waals surface area contributed by atoms with Crippen LogP contribution in [-0.2, 0) is 27.9 Å². The number of likely N-dealkylation sites (tertiary alicyclic amines) is 1. The Morgan fingerprint density at radius 1 is 1.02 bits per heavy atom. The lowest BCUT2D eigenvalue weighted by Crippen LogP contribution is -2.44. The van der Waals surface area contributed by atoms with E-state index in [4.69, 9.17) is 21.1 Å². The second kappa shape index (κ2) is 13.5. The molecule has 11 heteroatoms.